The second-order valence-electron chi connectivity index (χ2n) is 3.00. The maximum atomic E-state index is 11.0. The van der Waals surface area contributed by atoms with Crippen LogP contribution < -0.4 is 5.32 Å². The lowest BCUT2D eigenvalue weighted by molar-refractivity contribution is -0.113. The van der Waals surface area contributed by atoms with Crippen LogP contribution in [0.2, 0.25) is 0 Å². The second-order valence-corrected chi connectivity index (χ2v) is 4.10. The summed E-state index contributed by atoms with van der Waals surface area (Å²) in [4.78, 5) is 11.0. The fraction of sp³-hybridized carbons (Fsp3) is 0.100. The molecule has 0 saturated heterocycles. The number of carbonyl (C=O) groups excluding carboxylic acids is 1. The summed E-state index contributed by atoms with van der Waals surface area (Å²) in [7, 11) is 0. The molecule has 1 N–H and O–H groups in total. The zero-order chi connectivity index (χ0) is 11.4. The van der Waals surface area contributed by atoms with Gasteiger partial charge < -0.3 is 5.32 Å². The smallest absolute Gasteiger partial charge is 0.239 e. The number of nitrogens with one attached hydrogen (secondary N) is 1. The Hall–Kier alpha value is -1.46. The summed E-state index contributed by atoms with van der Waals surface area (Å²) in [5.41, 5.74) is 3.38. The highest BCUT2D eigenvalue weighted by atomic mass is 35.5. The molecule has 2 rings (SSSR count). The summed E-state index contributed by atoms with van der Waals surface area (Å²) >= 11 is 6.86. The fourth-order valence-corrected chi connectivity index (χ4v) is 1.82. The molecule has 0 spiro atoms. The Morgan fingerprint density at radius 2 is 2.12 bits per heavy atom. The van der Waals surface area contributed by atoms with Crippen LogP contribution in [0, 0.1) is 0 Å². The summed E-state index contributed by atoms with van der Waals surface area (Å²) in [6.45, 7) is 0. The summed E-state index contributed by atoms with van der Waals surface area (Å²) in [6, 6.07) is 7.37. The number of rotatable bonds is 3. The normalized spacial score (nSPS) is 10.1. The highest BCUT2D eigenvalue weighted by Crippen LogP contribution is 2.22. The van der Waals surface area contributed by atoms with Gasteiger partial charge >= 0.3 is 0 Å². The molecular formula is C10H8ClN3OS. The van der Waals surface area contributed by atoms with E-state index in [1.807, 2.05) is 12.1 Å². The number of hydrogen-bond donors (Lipinski definition) is 1. The van der Waals surface area contributed by atoms with Crippen molar-refractivity contribution < 1.29 is 4.79 Å². The molecule has 0 aliphatic heterocycles. The van der Waals surface area contributed by atoms with Crippen LogP contribution in [0.3, 0.4) is 0 Å². The molecule has 0 aliphatic carbocycles. The van der Waals surface area contributed by atoms with Crippen LogP contribution in [0.25, 0.3) is 10.6 Å². The van der Waals surface area contributed by atoms with Crippen LogP contribution in [0.1, 0.15) is 0 Å². The Kier molecular flexibility index (Phi) is 3.48. The standard InChI is InChI=1S/C10H8ClN3OS/c11-5-9(15)13-8-3-1-7(2-4-8)10-14-12-6-16-10/h1-4,6H,5H2,(H,13,15). The van der Waals surface area contributed by atoms with E-state index < -0.39 is 0 Å². The van der Waals surface area contributed by atoms with E-state index in [2.05, 4.69) is 15.5 Å². The van der Waals surface area contributed by atoms with Gasteiger partial charge in [0.1, 0.15) is 16.4 Å². The van der Waals surface area contributed by atoms with Crippen molar-refractivity contribution in [3.8, 4) is 10.6 Å². The lowest BCUT2D eigenvalue weighted by atomic mass is 10.2. The molecule has 0 atom stereocenters. The van der Waals surface area contributed by atoms with Gasteiger partial charge in [0, 0.05) is 11.3 Å². The number of hydrogen-bond acceptors (Lipinski definition) is 4. The Morgan fingerprint density at radius 1 is 1.38 bits per heavy atom. The fourth-order valence-electron chi connectivity index (χ4n) is 1.19. The van der Waals surface area contributed by atoms with Gasteiger partial charge in [-0.05, 0) is 24.3 Å². The van der Waals surface area contributed by atoms with Crippen LogP contribution in [0.4, 0.5) is 5.69 Å². The van der Waals surface area contributed by atoms with Crippen LogP contribution >= 0.6 is 22.9 Å². The molecule has 16 heavy (non-hydrogen) atoms. The maximum absolute atomic E-state index is 11.0. The average molecular weight is 254 g/mol. The number of nitrogens with zero attached hydrogens (tertiary/aromatic N) is 2. The lowest BCUT2D eigenvalue weighted by Gasteiger charge is -2.03. The van der Waals surface area contributed by atoms with E-state index >= 15 is 0 Å². The Bertz CT molecular complexity index is 469. The molecule has 82 valence electrons. The van der Waals surface area contributed by atoms with Gasteiger partial charge in [-0.3, -0.25) is 4.79 Å². The molecule has 6 heteroatoms. The molecule has 0 fully saturated rings. The average Bonchev–Trinajstić information content (AvgIpc) is 2.83. The summed E-state index contributed by atoms with van der Waals surface area (Å²) < 4.78 is 0. The minimum absolute atomic E-state index is 0.0435. The lowest BCUT2D eigenvalue weighted by Crippen LogP contribution is -2.12. The molecule has 1 heterocycles. The van der Waals surface area contributed by atoms with Crippen molar-refractivity contribution in [1.82, 2.24) is 10.2 Å². The van der Waals surface area contributed by atoms with Gasteiger partial charge in [0.2, 0.25) is 5.91 Å². The predicted molar refractivity (Wildman–Crippen MR) is 64.7 cm³/mol. The molecule has 0 saturated carbocycles. The number of carbonyl (C=O) groups is 1. The van der Waals surface area contributed by atoms with Crippen LogP contribution in [-0.4, -0.2) is 22.0 Å². The minimum Gasteiger partial charge on any atom is -0.325 e. The zero-order valence-corrected chi connectivity index (χ0v) is 9.76. The molecule has 2 aromatic rings. The first kappa shape index (κ1) is 11.0. The minimum atomic E-state index is -0.217. The molecule has 0 aliphatic rings. The molecule has 0 bridgehead atoms. The van der Waals surface area contributed by atoms with Crippen LogP contribution in [-0.2, 0) is 4.79 Å². The Balaban J connectivity index is 2.14. The van der Waals surface area contributed by atoms with E-state index in [0.717, 1.165) is 16.3 Å². The number of aromatic nitrogens is 2. The summed E-state index contributed by atoms with van der Waals surface area (Å²) in [5.74, 6) is -0.261. The first-order valence-electron chi connectivity index (χ1n) is 4.52. The van der Waals surface area contributed by atoms with E-state index in [-0.39, 0.29) is 11.8 Å². The third-order valence-electron chi connectivity index (χ3n) is 1.90. The van der Waals surface area contributed by atoms with Crippen LogP contribution in [0.5, 0.6) is 0 Å². The summed E-state index contributed by atoms with van der Waals surface area (Å²) in [6.07, 6.45) is 0. The van der Waals surface area contributed by atoms with Gasteiger partial charge in [0.05, 0.1) is 0 Å². The van der Waals surface area contributed by atoms with Gasteiger partial charge in [0.15, 0.2) is 0 Å². The van der Waals surface area contributed by atoms with E-state index in [9.17, 15) is 4.79 Å². The SMILES string of the molecule is O=C(CCl)Nc1ccc(-c2nncs2)cc1. The number of alkyl halides is 1. The molecule has 0 unspecified atom stereocenters. The quantitative estimate of drug-likeness (QED) is 0.855. The number of benzene rings is 1. The largest absolute Gasteiger partial charge is 0.325 e. The number of anilines is 1. The zero-order valence-electron chi connectivity index (χ0n) is 8.18. The van der Waals surface area contributed by atoms with Gasteiger partial charge in [0.25, 0.3) is 0 Å². The van der Waals surface area contributed by atoms with E-state index in [1.165, 1.54) is 11.3 Å². The van der Waals surface area contributed by atoms with Gasteiger partial charge in [-0.1, -0.05) is 11.3 Å². The van der Waals surface area contributed by atoms with Gasteiger partial charge in [-0.15, -0.1) is 21.8 Å². The first-order chi connectivity index (χ1) is 7.79. The van der Waals surface area contributed by atoms with E-state index in [0.29, 0.717) is 0 Å². The van der Waals surface area contributed by atoms with Crippen molar-refractivity contribution in [2.75, 3.05) is 11.2 Å². The van der Waals surface area contributed by atoms with E-state index in [1.54, 1.807) is 17.6 Å². The Morgan fingerprint density at radius 3 is 2.69 bits per heavy atom. The third-order valence-corrected chi connectivity index (χ3v) is 2.88. The van der Waals surface area contributed by atoms with Crippen LogP contribution in [0.15, 0.2) is 29.8 Å². The van der Waals surface area contributed by atoms with Crippen molar-refractivity contribution in [3.05, 3.63) is 29.8 Å². The molecule has 4 nitrogen and oxygen atoms in total. The van der Waals surface area contributed by atoms with Crippen molar-refractivity contribution in [2.24, 2.45) is 0 Å². The number of amides is 1. The van der Waals surface area contributed by atoms with E-state index in [4.69, 9.17) is 11.6 Å². The molecule has 0 radical (unpaired) electrons. The monoisotopic (exact) mass is 253 g/mol. The topological polar surface area (TPSA) is 54.9 Å². The third kappa shape index (κ3) is 2.56. The molecule has 1 aromatic carbocycles. The predicted octanol–water partition coefficient (Wildman–Crippen LogP) is 2.38. The highest BCUT2D eigenvalue weighted by molar-refractivity contribution is 7.12. The molecular weight excluding hydrogens is 246 g/mol. The summed E-state index contributed by atoms with van der Waals surface area (Å²) in [5, 5.41) is 11.2. The first-order valence-corrected chi connectivity index (χ1v) is 5.93. The van der Waals surface area contributed by atoms with Crippen molar-refractivity contribution in [1.29, 1.82) is 0 Å². The highest BCUT2D eigenvalue weighted by Gasteiger charge is 2.03. The van der Waals surface area contributed by atoms with Crippen molar-refractivity contribution in [2.45, 2.75) is 0 Å². The molecule has 1 amide bonds. The van der Waals surface area contributed by atoms with Crippen molar-refractivity contribution >= 4 is 34.5 Å². The maximum Gasteiger partial charge on any atom is 0.239 e. The molecule has 1 aromatic heterocycles. The van der Waals surface area contributed by atoms with Crippen molar-refractivity contribution in [3.63, 3.8) is 0 Å². The van der Waals surface area contributed by atoms with Gasteiger partial charge in [-0.2, -0.15) is 0 Å². The van der Waals surface area contributed by atoms with Gasteiger partial charge in [-0.25, -0.2) is 0 Å². The second kappa shape index (κ2) is 5.05. The number of halogens is 1. The Labute approximate surface area is 101 Å².